The topological polar surface area (TPSA) is 75.6 Å². The van der Waals surface area contributed by atoms with Gasteiger partial charge in [0.15, 0.2) is 0 Å². The predicted molar refractivity (Wildman–Crippen MR) is 88.6 cm³/mol. The molecule has 0 heterocycles. The Morgan fingerprint density at radius 3 is 2.41 bits per heavy atom. The second kappa shape index (κ2) is 7.98. The Morgan fingerprint density at radius 2 is 1.91 bits per heavy atom. The number of benzene rings is 1. The number of halogens is 1. The number of ether oxygens (including phenoxy) is 1. The van der Waals surface area contributed by atoms with Gasteiger partial charge in [0.05, 0.1) is 0 Å². The van der Waals surface area contributed by atoms with Crippen LogP contribution in [0.3, 0.4) is 0 Å². The van der Waals surface area contributed by atoms with Crippen LogP contribution in [0.4, 0.5) is 4.79 Å². The molecule has 6 heteroatoms. The predicted octanol–water partition coefficient (Wildman–Crippen LogP) is 3.83. The summed E-state index contributed by atoms with van der Waals surface area (Å²) in [6.07, 6.45) is 2.94. The number of hydrogen-bond donors (Lipinski definition) is 2. The molecule has 0 unspecified atom stereocenters. The Bertz CT molecular complexity index is 546. The van der Waals surface area contributed by atoms with Crippen molar-refractivity contribution in [2.75, 3.05) is 0 Å². The molecule has 1 aromatic carbocycles. The molecule has 0 saturated heterocycles. The normalized spacial score (nSPS) is 12.9. The van der Waals surface area contributed by atoms with Crippen molar-refractivity contribution in [3.63, 3.8) is 0 Å². The average Bonchev–Trinajstić information content (AvgIpc) is 2.37. The number of carboxylic acid groups (broad SMARTS) is 1. The lowest BCUT2D eigenvalue weighted by Crippen LogP contribution is -2.43. The van der Waals surface area contributed by atoms with E-state index in [2.05, 4.69) is 21.2 Å². The van der Waals surface area contributed by atoms with Crippen LogP contribution in [-0.2, 0) is 9.53 Å². The molecule has 0 radical (unpaired) electrons. The van der Waals surface area contributed by atoms with Crippen LogP contribution in [0.1, 0.15) is 32.8 Å². The molecule has 5 nitrogen and oxygen atoms in total. The number of carbonyl (C=O) groups is 2. The fraction of sp³-hybridized carbons (Fsp3) is 0.375. The molecule has 0 bridgehead atoms. The van der Waals surface area contributed by atoms with E-state index in [4.69, 9.17) is 9.84 Å². The van der Waals surface area contributed by atoms with Gasteiger partial charge in [0, 0.05) is 4.47 Å². The van der Waals surface area contributed by atoms with E-state index in [1.807, 2.05) is 24.3 Å². The molecule has 0 aliphatic rings. The zero-order chi connectivity index (χ0) is 16.8. The van der Waals surface area contributed by atoms with E-state index >= 15 is 0 Å². The lowest BCUT2D eigenvalue weighted by molar-refractivity contribution is -0.139. The minimum Gasteiger partial charge on any atom is -0.480 e. The molecule has 0 spiro atoms. The van der Waals surface area contributed by atoms with E-state index in [1.165, 1.54) is 0 Å². The summed E-state index contributed by atoms with van der Waals surface area (Å²) >= 11 is 3.34. The smallest absolute Gasteiger partial charge is 0.408 e. The third-order valence-corrected chi connectivity index (χ3v) is 3.07. The van der Waals surface area contributed by atoms with Crippen molar-refractivity contribution in [3.05, 3.63) is 40.4 Å². The van der Waals surface area contributed by atoms with Gasteiger partial charge in [-0.05, 0) is 44.9 Å². The summed E-state index contributed by atoms with van der Waals surface area (Å²) in [5.74, 6) is -1.11. The first-order chi connectivity index (χ1) is 10.2. The quantitative estimate of drug-likeness (QED) is 0.826. The molecule has 1 atom stereocenters. The first kappa shape index (κ1) is 18.2. The van der Waals surface area contributed by atoms with Crippen LogP contribution in [0.2, 0.25) is 0 Å². The summed E-state index contributed by atoms with van der Waals surface area (Å²) in [7, 11) is 0. The van der Waals surface area contributed by atoms with Gasteiger partial charge >= 0.3 is 12.1 Å². The number of carboxylic acids is 1. The van der Waals surface area contributed by atoms with Crippen LogP contribution < -0.4 is 5.32 Å². The van der Waals surface area contributed by atoms with Crippen LogP contribution in [-0.4, -0.2) is 28.8 Å². The molecule has 1 amide bonds. The fourth-order valence-corrected chi connectivity index (χ4v) is 1.85. The van der Waals surface area contributed by atoms with Crippen molar-refractivity contribution in [1.82, 2.24) is 5.32 Å². The van der Waals surface area contributed by atoms with Crippen molar-refractivity contribution in [2.45, 2.75) is 38.8 Å². The standard InChI is InChI=1S/C16H20BrNO4/c1-16(2,3)22-15(21)18-13(14(19)20)6-4-5-11-7-9-12(17)10-8-11/h4-5,7-10,13H,6H2,1-3H3,(H,18,21)(H,19,20)/t13-/m0/s1. The minimum absolute atomic E-state index is 0.171. The molecular weight excluding hydrogens is 350 g/mol. The molecule has 0 aliphatic carbocycles. The summed E-state index contributed by atoms with van der Waals surface area (Å²) in [4.78, 5) is 22.8. The van der Waals surface area contributed by atoms with E-state index in [9.17, 15) is 9.59 Å². The number of carbonyl (C=O) groups excluding carboxylic acids is 1. The summed E-state index contributed by atoms with van der Waals surface area (Å²) < 4.78 is 6.03. The van der Waals surface area contributed by atoms with Crippen molar-refractivity contribution < 1.29 is 19.4 Å². The molecule has 1 aromatic rings. The number of aliphatic carboxylic acids is 1. The molecular formula is C16H20BrNO4. The van der Waals surface area contributed by atoms with Gasteiger partial charge < -0.3 is 15.2 Å². The van der Waals surface area contributed by atoms with Crippen molar-refractivity contribution in [1.29, 1.82) is 0 Å². The van der Waals surface area contributed by atoms with Gasteiger partial charge in [0.25, 0.3) is 0 Å². The highest BCUT2D eigenvalue weighted by molar-refractivity contribution is 9.10. The number of hydrogen-bond acceptors (Lipinski definition) is 3. The van der Waals surface area contributed by atoms with Gasteiger partial charge in [-0.25, -0.2) is 9.59 Å². The fourth-order valence-electron chi connectivity index (χ4n) is 1.59. The highest BCUT2D eigenvalue weighted by Gasteiger charge is 2.22. The van der Waals surface area contributed by atoms with E-state index in [0.717, 1.165) is 10.0 Å². The van der Waals surface area contributed by atoms with Gasteiger partial charge in [-0.2, -0.15) is 0 Å². The Labute approximate surface area is 138 Å². The maximum Gasteiger partial charge on any atom is 0.408 e. The molecule has 22 heavy (non-hydrogen) atoms. The van der Waals surface area contributed by atoms with E-state index in [0.29, 0.717) is 0 Å². The summed E-state index contributed by atoms with van der Waals surface area (Å²) in [5, 5.41) is 11.5. The largest absolute Gasteiger partial charge is 0.480 e. The van der Waals surface area contributed by atoms with Crippen molar-refractivity contribution in [3.8, 4) is 0 Å². The lowest BCUT2D eigenvalue weighted by atomic mass is 10.1. The maximum atomic E-state index is 11.6. The molecule has 0 saturated carbocycles. The van der Waals surface area contributed by atoms with Crippen LogP contribution in [0, 0.1) is 0 Å². The Hall–Kier alpha value is -1.82. The van der Waals surface area contributed by atoms with Gasteiger partial charge in [-0.3, -0.25) is 0 Å². The van der Waals surface area contributed by atoms with Crippen molar-refractivity contribution in [2.24, 2.45) is 0 Å². The second-order valence-corrected chi connectivity index (χ2v) is 6.64. The third kappa shape index (κ3) is 7.26. The van der Waals surface area contributed by atoms with E-state index < -0.39 is 23.7 Å². The third-order valence-electron chi connectivity index (χ3n) is 2.54. The number of rotatable bonds is 5. The van der Waals surface area contributed by atoms with Crippen LogP contribution >= 0.6 is 15.9 Å². The van der Waals surface area contributed by atoms with Gasteiger partial charge in [-0.1, -0.05) is 40.2 Å². The summed E-state index contributed by atoms with van der Waals surface area (Å²) in [6, 6.07) is 6.57. The highest BCUT2D eigenvalue weighted by Crippen LogP contribution is 2.12. The Morgan fingerprint density at radius 1 is 1.32 bits per heavy atom. The average molecular weight is 370 g/mol. The molecule has 0 aliphatic heterocycles. The second-order valence-electron chi connectivity index (χ2n) is 5.73. The number of nitrogens with one attached hydrogen (secondary N) is 1. The minimum atomic E-state index is -1.11. The van der Waals surface area contributed by atoms with Gasteiger partial charge in [-0.15, -0.1) is 0 Å². The Kier molecular flexibility index (Phi) is 6.61. The van der Waals surface area contributed by atoms with E-state index in [-0.39, 0.29) is 6.42 Å². The van der Waals surface area contributed by atoms with Crippen LogP contribution in [0.15, 0.2) is 34.8 Å². The number of amides is 1. The van der Waals surface area contributed by atoms with Gasteiger partial charge in [0.1, 0.15) is 11.6 Å². The van der Waals surface area contributed by atoms with Gasteiger partial charge in [0.2, 0.25) is 0 Å². The molecule has 0 aromatic heterocycles. The molecule has 0 fully saturated rings. The first-order valence-corrected chi connectivity index (χ1v) is 7.61. The summed E-state index contributed by atoms with van der Waals surface area (Å²) in [6.45, 7) is 5.15. The molecule has 2 N–H and O–H groups in total. The van der Waals surface area contributed by atoms with Crippen LogP contribution in [0.25, 0.3) is 6.08 Å². The van der Waals surface area contributed by atoms with Crippen LogP contribution in [0.5, 0.6) is 0 Å². The first-order valence-electron chi connectivity index (χ1n) is 6.82. The maximum absolute atomic E-state index is 11.6. The monoisotopic (exact) mass is 369 g/mol. The molecule has 120 valence electrons. The summed E-state index contributed by atoms with van der Waals surface area (Å²) in [5.41, 5.74) is 0.282. The highest BCUT2D eigenvalue weighted by atomic mass is 79.9. The SMILES string of the molecule is CC(C)(C)OC(=O)N[C@@H](CC=Cc1ccc(Br)cc1)C(=O)O. The Balaban J connectivity index is 2.59. The lowest BCUT2D eigenvalue weighted by Gasteiger charge is -2.21. The molecule has 1 rings (SSSR count). The van der Waals surface area contributed by atoms with E-state index in [1.54, 1.807) is 32.9 Å². The number of alkyl carbamates (subject to hydrolysis) is 1. The van der Waals surface area contributed by atoms with Crippen molar-refractivity contribution >= 4 is 34.1 Å². The zero-order valence-corrected chi connectivity index (χ0v) is 14.4. The zero-order valence-electron chi connectivity index (χ0n) is 12.8.